The molecule has 0 unspecified atom stereocenters. The van der Waals surface area contributed by atoms with E-state index in [0.717, 1.165) is 32.5 Å². The third kappa shape index (κ3) is 4.81. The van der Waals surface area contributed by atoms with Crippen LogP contribution in [-0.2, 0) is 9.53 Å². The van der Waals surface area contributed by atoms with Crippen LogP contribution in [0.3, 0.4) is 0 Å². The zero-order chi connectivity index (χ0) is 17.6. The van der Waals surface area contributed by atoms with Gasteiger partial charge in [0.05, 0.1) is 0 Å². The summed E-state index contributed by atoms with van der Waals surface area (Å²) in [6.45, 7) is 10.4. The van der Waals surface area contributed by atoms with Crippen molar-refractivity contribution in [3.63, 3.8) is 0 Å². The van der Waals surface area contributed by atoms with E-state index >= 15 is 0 Å². The summed E-state index contributed by atoms with van der Waals surface area (Å²) in [5.41, 5.74) is 0.841. The molecule has 1 fully saturated rings. The molecule has 1 atom stereocenters. The maximum atomic E-state index is 12.5. The molecule has 0 bridgehead atoms. The summed E-state index contributed by atoms with van der Waals surface area (Å²) in [5, 5.41) is 6.96. The van der Waals surface area contributed by atoms with Crippen LogP contribution in [0.15, 0.2) is 30.3 Å². The third-order valence-corrected chi connectivity index (χ3v) is 5.36. The van der Waals surface area contributed by atoms with Crippen LogP contribution in [0.4, 0.5) is 0 Å². The number of ether oxygens (including phenoxy) is 1. The van der Waals surface area contributed by atoms with Crippen molar-refractivity contribution in [1.82, 2.24) is 10.6 Å². The molecule has 1 aliphatic rings. The zero-order valence-corrected chi connectivity index (χ0v) is 15.5. The monoisotopic (exact) mass is 332 g/mol. The minimum Gasteiger partial charge on any atom is -0.381 e. The normalized spacial score (nSPS) is 18.8. The molecular weight excluding hydrogens is 300 g/mol. The van der Waals surface area contributed by atoms with Gasteiger partial charge >= 0.3 is 0 Å². The van der Waals surface area contributed by atoms with Crippen molar-refractivity contribution < 1.29 is 9.53 Å². The fraction of sp³-hybridized carbons (Fsp3) is 0.650. The number of nitrogens with one attached hydrogen (secondary N) is 2. The van der Waals surface area contributed by atoms with Crippen molar-refractivity contribution in [2.24, 2.45) is 5.41 Å². The molecule has 1 aromatic rings. The van der Waals surface area contributed by atoms with E-state index in [1.54, 1.807) is 0 Å². The summed E-state index contributed by atoms with van der Waals surface area (Å²) >= 11 is 0. The molecule has 1 aliphatic heterocycles. The molecule has 1 aromatic carbocycles. The zero-order valence-electron chi connectivity index (χ0n) is 15.5. The first kappa shape index (κ1) is 18.9. The largest absolute Gasteiger partial charge is 0.381 e. The highest BCUT2D eigenvalue weighted by Crippen LogP contribution is 2.26. The first-order valence-corrected chi connectivity index (χ1v) is 9.07. The first-order valence-electron chi connectivity index (χ1n) is 9.07. The third-order valence-electron chi connectivity index (χ3n) is 5.36. The van der Waals surface area contributed by atoms with Gasteiger partial charge in [-0.05, 0) is 31.7 Å². The van der Waals surface area contributed by atoms with Crippen LogP contribution in [0.1, 0.15) is 58.6 Å². The smallest absolute Gasteiger partial charge is 0.225 e. The fourth-order valence-corrected chi connectivity index (χ4v) is 3.07. The van der Waals surface area contributed by atoms with Crippen LogP contribution in [0.5, 0.6) is 0 Å². The molecule has 2 rings (SSSR count). The maximum absolute atomic E-state index is 12.5. The molecule has 2 N–H and O–H groups in total. The second kappa shape index (κ2) is 8.13. The molecule has 24 heavy (non-hydrogen) atoms. The highest BCUT2D eigenvalue weighted by Gasteiger charge is 2.35. The van der Waals surface area contributed by atoms with Crippen LogP contribution in [0, 0.1) is 5.41 Å². The molecule has 134 valence electrons. The first-order chi connectivity index (χ1) is 11.4. The lowest BCUT2D eigenvalue weighted by Gasteiger charge is -2.41. The molecule has 1 amide bonds. The summed E-state index contributed by atoms with van der Waals surface area (Å²) in [6.07, 6.45) is 2.66. The Bertz CT molecular complexity index is 522. The Labute approximate surface area is 146 Å². The molecular formula is C20H32N2O2. The lowest BCUT2D eigenvalue weighted by molar-refractivity contribution is -0.130. The number of hydrogen-bond acceptors (Lipinski definition) is 3. The Morgan fingerprint density at radius 1 is 1.25 bits per heavy atom. The summed E-state index contributed by atoms with van der Waals surface area (Å²) < 4.78 is 5.55. The van der Waals surface area contributed by atoms with Crippen LogP contribution in [-0.4, -0.2) is 31.2 Å². The van der Waals surface area contributed by atoms with Gasteiger partial charge in [0.15, 0.2) is 0 Å². The van der Waals surface area contributed by atoms with Gasteiger partial charge < -0.3 is 15.4 Å². The number of carbonyl (C=O) groups excluding carboxylic acids is 1. The van der Waals surface area contributed by atoms with Crippen LogP contribution >= 0.6 is 0 Å². The quantitative estimate of drug-likeness (QED) is 0.804. The van der Waals surface area contributed by atoms with Gasteiger partial charge in [-0.15, -0.1) is 0 Å². The van der Waals surface area contributed by atoms with Crippen LogP contribution < -0.4 is 10.6 Å². The minimum atomic E-state index is -0.322. The summed E-state index contributed by atoms with van der Waals surface area (Å²) in [4.78, 5) is 12.5. The number of rotatable bonds is 7. The van der Waals surface area contributed by atoms with Gasteiger partial charge in [-0.3, -0.25) is 4.79 Å². The van der Waals surface area contributed by atoms with Gasteiger partial charge in [-0.2, -0.15) is 0 Å². The fourth-order valence-electron chi connectivity index (χ4n) is 3.07. The van der Waals surface area contributed by atoms with E-state index < -0.39 is 0 Å². The van der Waals surface area contributed by atoms with Crippen molar-refractivity contribution >= 4 is 5.91 Å². The van der Waals surface area contributed by atoms with E-state index in [-0.39, 0.29) is 22.9 Å². The summed E-state index contributed by atoms with van der Waals surface area (Å²) in [6, 6.07) is 10.7. The van der Waals surface area contributed by atoms with Crippen molar-refractivity contribution in [3.05, 3.63) is 35.9 Å². The van der Waals surface area contributed by atoms with E-state index in [9.17, 15) is 4.79 Å². The molecule has 4 heteroatoms. The lowest BCUT2D eigenvalue weighted by Crippen LogP contribution is -2.58. The highest BCUT2D eigenvalue weighted by atomic mass is 16.5. The molecule has 1 heterocycles. The highest BCUT2D eigenvalue weighted by molar-refractivity contribution is 5.81. The van der Waals surface area contributed by atoms with Gasteiger partial charge in [-0.1, -0.05) is 51.1 Å². The van der Waals surface area contributed by atoms with E-state index in [1.807, 2.05) is 19.9 Å². The summed E-state index contributed by atoms with van der Waals surface area (Å²) in [7, 11) is 0. The topological polar surface area (TPSA) is 50.4 Å². The number of benzene rings is 1. The van der Waals surface area contributed by atoms with E-state index in [1.165, 1.54) is 5.56 Å². The lowest BCUT2D eigenvalue weighted by atomic mass is 9.86. The van der Waals surface area contributed by atoms with Crippen molar-refractivity contribution in [3.8, 4) is 0 Å². The number of hydrogen-bond donors (Lipinski definition) is 2. The van der Waals surface area contributed by atoms with Crippen molar-refractivity contribution in [1.29, 1.82) is 0 Å². The van der Waals surface area contributed by atoms with E-state index in [2.05, 4.69) is 48.7 Å². The Balaban J connectivity index is 2.05. The number of amides is 1. The predicted octanol–water partition coefficient (Wildman–Crippen LogP) is 3.44. The molecule has 0 saturated carbocycles. The summed E-state index contributed by atoms with van der Waals surface area (Å²) in [5.74, 6) is 0.130. The predicted molar refractivity (Wildman–Crippen MR) is 97.9 cm³/mol. The SMILES string of the molecule is CCC(C)(C)C(=O)NCC1(N[C@H](C)c2ccccc2)CCOCC1. The Kier molecular flexibility index (Phi) is 6.41. The standard InChI is InChI=1S/C20H32N2O2/c1-5-19(3,4)18(23)21-15-20(11-13-24-14-12-20)22-16(2)17-9-7-6-8-10-17/h6-10,16,22H,5,11-15H2,1-4H3,(H,21,23)/t16-/m1/s1. The molecule has 1 saturated heterocycles. The van der Waals surface area contributed by atoms with Crippen molar-refractivity contribution in [2.75, 3.05) is 19.8 Å². The second-order valence-electron chi connectivity index (χ2n) is 7.59. The molecule has 4 nitrogen and oxygen atoms in total. The van der Waals surface area contributed by atoms with Crippen molar-refractivity contribution in [2.45, 2.75) is 58.5 Å². The Morgan fingerprint density at radius 3 is 2.46 bits per heavy atom. The average molecular weight is 332 g/mol. The Hall–Kier alpha value is -1.39. The molecule has 0 aromatic heterocycles. The average Bonchev–Trinajstić information content (AvgIpc) is 2.61. The number of carbonyl (C=O) groups is 1. The van der Waals surface area contributed by atoms with Gasteiger partial charge in [0.25, 0.3) is 0 Å². The van der Waals surface area contributed by atoms with Gasteiger partial charge in [-0.25, -0.2) is 0 Å². The van der Waals surface area contributed by atoms with E-state index in [4.69, 9.17) is 4.74 Å². The maximum Gasteiger partial charge on any atom is 0.225 e. The van der Waals surface area contributed by atoms with Gasteiger partial charge in [0.1, 0.15) is 0 Å². The van der Waals surface area contributed by atoms with Gasteiger partial charge in [0.2, 0.25) is 5.91 Å². The molecule has 0 radical (unpaired) electrons. The Morgan fingerprint density at radius 2 is 1.88 bits per heavy atom. The van der Waals surface area contributed by atoms with Crippen LogP contribution in [0.25, 0.3) is 0 Å². The minimum absolute atomic E-state index is 0.104. The molecule has 0 aliphatic carbocycles. The van der Waals surface area contributed by atoms with Gasteiger partial charge in [0, 0.05) is 36.8 Å². The second-order valence-corrected chi connectivity index (χ2v) is 7.59. The van der Waals surface area contributed by atoms with E-state index in [0.29, 0.717) is 6.54 Å². The molecule has 0 spiro atoms. The van der Waals surface area contributed by atoms with Crippen LogP contribution in [0.2, 0.25) is 0 Å².